The normalized spacial score (nSPS) is 13.8. The highest BCUT2D eigenvalue weighted by Crippen LogP contribution is 2.24. The fourth-order valence-electron chi connectivity index (χ4n) is 1.56. The van der Waals surface area contributed by atoms with E-state index in [-0.39, 0.29) is 5.91 Å². The van der Waals surface area contributed by atoms with Gasteiger partial charge in [0, 0.05) is 19.8 Å². The molecule has 0 atom stereocenters. The van der Waals surface area contributed by atoms with Gasteiger partial charge in [0.25, 0.3) is 5.91 Å². The molecule has 0 radical (unpaired) electrons. The number of aromatic nitrogens is 1. The third-order valence-corrected chi connectivity index (χ3v) is 2.29. The lowest BCUT2D eigenvalue weighted by molar-refractivity contribution is 0.0966. The number of nitrogens with one attached hydrogen (secondary N) is 2. The van der Waals surface area contributed by atoms with Crippen LogP contribution in [-0.2, 0) is 6.54 Å². The molecule has 1 aromatic heterocycles. The Morgan fingerprint density at radius 1 is 1.62 bits per heavy atom. The van der Waals surface area contributed by atoms with Crippen molar-refractivity contribution in [3.05, 3.63) is 22.9 Å². The van der Waals surface area contributed by atoms with Crippen LogP contribution in [0.1, 0.15) is 21.5 Å². The van der Waals surface area contributed by atoms with Gasteiger partial charge in [0.1, 0.15) is 5.82 Å². The standard InChI is InChI=1S/C9H11N3O/c1-5-3-11-8(10-2)7-6(5)4-12-9(7)13/h3H,4H2,1-2H3,(H,10,11)(H,12,13). The van der Waals surface area contributed by atoms with Gasteiger partial charge < -0.3 is 10.6 Å². The highest BCUT2D eigenvalue weighted by atomic mass is 16.1. The van der Waals surface area contributed by atoms with Crippen molar-refractivity contribution in [2.75, 3.05) is 12.4 Å². The van der Waals surface area contributed by atoms with E-state index in [1.54, 1.807) is 13.2 Å². The maximum Gasteiger partial charge on any atom is 0.255 e. The number of carbonyl (C=O) groups is 1. The SMILES string of the molecule is CNc1ncc(C)c2c1C(=O)NC2. The minimum absolute atomic E-state index is 0.0319. The molecular weight excluding hydrogens is 166 g/mol. The fraction of sp³-hybridized carbons (Fsp3) is 0.333. The molecule has 1 aliphatic rings. The van der Waals surface area contributed by atoms with E-state index < -0.39 is 0 Å². The van der Waals surface area contributed by atoms with Gasteiger partial charge in [0.05, 0.1) is 5.56 Å². The highest BCUT2D eigenvalue weighted by Gasteiger charge is 2.24. The van der Waals surface area contributed by atoms with Gasteiger partial charge in [-0.15, -0.1) is 0 Å². The summed E-state index contributed by atoms with van der Waals surface area (Å²) in [5.41, 5.74) is 2.82. The highest BCUT2D eigenvalue weighted by molar-refractivity contribution is 6.02. The van der Waals surface area contributed by atoms with Crippen LogP contribution >= 0.6 is 0 Å². The van der Waals surface area contributed by atoms with Crippen LogP contribution in [0.15, 0.2) is 6.20 Å². The number of fused-ring (bicyclic) bond motifs is 1. The molecule has 68 valence electrons. The van der Waals surface area contributed by atoms with E-state index in [0.717, 1.165) is 11.1 Å². The zero-order valence-corrected chi connectivity index (χ0v) is 7.64. The Morgan fingerprint density at radius 2 is 2.38 bits per heavy atom. The largest absolute Gasteiger partial charge is 0.372 e. The monoisotopic (exact) mass is 177 g/mol. The summed E-state index contributed by atoms with van der Waals surface area (Å²) in [6.45, 7) is 2.59. The van der Waals surface area contributed by atoms with E-state index in [1.807, 2.05) is 6.92 Å². The van der Waals surface area contributed by atoms with Crippen LogP contribution in [0.2, 0.25) is 0 Å². The van der Waals surface area contributed by atoms with Crippen LogP contribution < -0.4 is 10.6 Å². The number of pyridine rings is 1. The van der Waals surface area contributed by atoms with E-state index in [4.69, 9.17) is 0 Å². The summed E-state index contributed by atoms with van der Waals surface area (Å²) in [6, 6.07) is 0. The zero-order valence-electron chi connectivity index (χ0n) is 7.64. The van der Waals surface area contributed by atoms with Gasteiger partial charge in [0.2, 0.25) is 0 Å². The Hall–Kier alpha value is -1.58. The maximum absolute atomic E-state index is 11.4. The van der Waals surface area contributed by atoms with Crippen molar-refractivity contribution in [2.24, 2.45) is 0 Å². The second-order valence-corrected chi connectivity index (χ2v) is 3.08. The van der Waals surface area contributed by atoms with E-state index >= 15 is 0 Å². The Bertz CT molecular complexity index is 373. The van der Waals surface area contributed by atoms with Gasteiger partial charge in [0.15, 0.2) is 0 Å². The molecule has 1 aliphatic heterocycles. The summed E-state index contributed by atoms with van der Waals surface area (Å²) in [4.78, 5) is 15.6. The smallest absolute Gasteiger partial charge is 0.255 e. The van der Waals surface area contributed by atoms with Crippen LogP contribution in [0.5, 0.6) is 0 Å². The lowest BCUT2D eigenvalue weighted by atomic mass is 10.1. The molecule has 2 heterocycles. The van der Waals surface area contributed by atoms with Crippen molar-refractivity contribution < 1.29 is 4.79 Å². The van der Waals surface area contributed by atoms with Gasteiger partial charge >= 0.3 is 0 Å². The maximum atomic E-state index is 11.4. The van der Waals surface area contributed by atoms with Crippen molar-refractivity contribution in [2.45, 2.75) is 13.5 Å². The van der Waals surface area contributed by atoms with Crippen molar-refractivity contribution in [1.82, 2.24) is 10.3 Å². The summed E-state index contributed by atoms with van der Waals surface area (Å²) >= 11 is 0. The number of carbonyl (C=O) groups excluding carboxylic acids is 1. The average molecular weight is 177 g/mol. The molecule has 0 spiro atoms. The van der Waals surface area contributed by atoms with Crippen LogP contribution in [0.25, 0.3) is 0 Å². The Balaban J connectivity index is 2.66. The number of anilines is 1. The number of hydrogen-bond donors (Lipinski definition) is 2. The number of aryl methyl sites for hydroxylation is 1. The van der Waals surface area contributed by atoms with Gasteiger partial charge in [-0.25, -0.2) is 4.98 Å². The number of nitrogens with zero attached hydrogens (tertiary/aromatic N) is 1. The molecule has 1 aromatic rings. The summed E-state index contributed by atoms with van der Waals surface area (Å²) in [5, 5.41) is 5.69. The van der Waals surface area contributed by atoms with Crippen LogP contribution in [0.4, 0.5) is 5.82 Å². The molecule has 2 N–H and O–H groups in total. The van der Waals surface area contributed by atoms with Gasteiger partial charge in [-0.2, -0.15) is 0 Å². The van der Waals surface area contributed by atoms with Crippen LogP contribution in [-0.4, -0.2) is 17.9 Å². The minimum atomic E-state index is -0.0319. The van der Waals surface area contributed by atoms with Crippen molar-refractivity contribution in [3.8, 4) is 0 Å². The van der Waals surface area contributed by atoms with Gasteiger partial charge in [-0.1, -0.05) is 0 Å². The third kappa shape index (κ3) is 1.06. The van der Waals surface area contributed by atoms with E-state index in [0.29, 0.717) is 17.9 Å². The molecule has 0 saturated carbocycles. The number of hydrogen-bond acceptors (Lipinski definition) is 3. The van der Waals surface area contributed by atoms with Crippen molar-refractivity contribution in [3.63, 3.8) is 0 Å². The van der Waals surface area contributed by atoms with Crippen LogP contribution in [0.3, 0.4) is 0 Å². The Morgan fingerprint density at radius 3 is 3.08 bits per heavy atom. The molecule has 0 aromatic carbocycles. The summed E-state index contributed by atoms with van der Waals surface area (Å²) in [6.07, 6.45) is 1.78. The summed E-state index contributed by atoms with van der Waals surface area (Å²) in [5.74, 6) is 0.631. The molecule has 0 fully saturated rings. The second-order valence-electron chi connectivity index (χ2n) is 3.08. The topological polar surface area (TPSA) is 54.0 Å². The van der Waals surface area contributed by atoms with Crippen molar-refractivity contribution >= 4 is 11.7 Å². The third-order valence-electron chi connectivity index (χ3n) is 2.29. The zero-order chi connectivity index (χ0) is 9.42. The quantitative estimate of drug-likeness (QED) is 0.663. The molecule has 0 saturated heterocycles. The molecule has 4 nitrogen and oxygen atoms in total. The lowest BCUT2D eigenvalue weighted by Crippen LogP contribution is -2.13. The summed E-state index contributed by atoms with van der Waals surface area (Å²) in [7, 11) is 1.77. The first-order valence-corrected chi connectivity index (χ1v) is 4.18. The van der Waals surface area contributed by atoms with Crippen LogP contribution in [0, 0.1) is 6.92 Å². The second kappa shape index (κ2) is 2.73. The number of rotatable bonds is 1. The molecule has 13 heavy (non-hydrogen) atoms. The lowest BCUT2D eigenvalue weighted by Gasteiger charge is -2.05. The van der Waals surface area contributed by atoms with Gasteiger partial charge in [-0.3, -0.25) is 4.79 Å². The Labute approximate surface area is 76.4 Å². The fourth-order valence-corrected chi connectivity index (χ4v) is 1.56. The Kier molecular flexibility index (Phi) is 1.69. The van der Waals surface area contributed by atoms with Crippen molar-refractivity contribution in [1.29, 1.82) is 0 Å². The number of amides is 1. The van der Waals surface area contributed by atoms with E-state index in [1.165, 1.54) is 0 Å². The predicted molar refractivity (Wildman–Crippen MR) is 49.7 cm³/mol. The molecular formula is C9H11N3O. The first-order chi connectivity index (χ1) is 6.24. The molecule has 0 bridgehead atoms. The van der Waals surface area contributed by atoms with E-state index in [2.05, 4.69) is 15.6 Å². The summed E-state index contributed by atoms with van der Waals surface area (Å²) < 4.78 is 0. The molecule has 0 unspecified atom stereocenters. The molecule has 2 rings (SSSR count). The van der Waals surface area contributed by atoms with E-state index in [9.17, 15) is 4.79 Å². The first-order valence-electron chi connectivity index (χ1n) is 4.18. The average Bonchev–Trinajstić information content (AvgIpc) is 2.51. The minimum Gasteiger partial charge on any atom is -0.372 e. The first kappa shape index (κ1) is 8.04. The molecule has 0 aliphatic carbocycles. The van der Waals surface area contributed by atoms with Gasteiger partial charge in [-0.05, 0) is 18.1 Å². The predicted octanol–water partition coefficient (Wildman–Crippen LogP) is 0.675. The molecule has 1 amide bonds. The molecule has 4 heteroatoms.